The van der Waals surface area contributed by atoms with Gasteiger partial charge in [0.15, 0.2) is 0 Å². The molecule has 2 unspecified atom stereocenters. The van der Waals surface area contributed by atoms with Crippen molar-refractivity contribution in [3.63, 3.8) is 0 Å². The first kappa shape index (κ1) is 21.1. The molecule has 146 valence electrons. The number of likely N-dealkylation sites (tertiary alicyclic amines) is 1. The van der Waals surface area contributed by atoms with Crippen molar-refractivity contribution in [2.75, 3.05) is 41.3 Å². The summed E-state index contributed by atoms with van der Waals surface area (Å²) in [4.78, 5) is 15.7. The number of methoxy groups -OCH3 is 1. The van der Waals surface area contributed by atoms with Crippen molar-refractivity contribution in [3.8, 4) is 0 Å². The lowest BCUT2D eigenvalue weighted by atomic mass is 10.2. The van der Waals surface area contributed by atoms with Crippen molar-refractivity contribution in [2.45, 2.75) is 18.0 Å². The second kappa shape index (κ2) is 8.24. The average molecular weight is 405 g/mol. The van der Waals surface area contributed by atoms with E-state index in [1.807, 2.05) is 12.1 Å². The maximum Gasteiger partial charge on any atom is 0.432 e. The molecule has 2 fully saturated rings. The summed E-state index contributed by atoms with van der Waals surface area (Å²) >= 11 is 4.31. The van der Waals surface area contributed by atoms with Gasteiger partial charge in [0, 0.05) is 29.3 Å². The van der Waals surface area contributed by atoms with Gasteiger partial charge in [-0.05, 0) is 32.1 Å². The summed E-state index contributed by atoms with van der Waals surface area (Å²) in [6.45, 7) is 2.40. The minimum atomic E-state index is -2.91. The maximum absolute atomic E-state index is 11.2. The van der Waals surface area contributed by atoms with Crippen LogP contribution in [0.25, 0.3) is 0 Å². The van der Waals surface area contributed by atoms with Gasteiger partial charge < -0.3 is 14.4 Å². The first-order valence-electron chi connectivity index (χ1n) is 8.14. The van der Waals surface area contributed by atoms with Crippen molar-refractivity contribution >= 4 is 28.8 Å². The van der Waals surface area contributed by atoms with Crippen LogP contribution in [-0.4, -0.2) is 69.9 Å². The van der Waals surface area contributed by atoms with Crippen LogP contribution in [0.2, 0.25) is 0 Å². The lowest BCUT2D eigenvalue weighted by Crippen LogP contribution is -2.16. The molecule has 1 aromatic rings. The third-order valence-electron chi connectivity index (χ3n) is 4.12. The zero-order chi connectivity index (χ0) is 19.5. The largest absolute Gasteiger partial charge is 0.432 e. The van der Waals surface area contributed by atoms with E-state index in [-0.39, 0.29) is 9.97 Å². The summed E-state index contributed by atoms with van der Waals surface area (Å²) in [6, 6.07) is 7.12. The van der Waals surface area contributed by atoms with E-state index >= 15 is 0 Å². The molecule has 4 aliphatic rings. The normalized spacial score (nSPS) is 27.3. The van der Waals surface area contributed by atoms with Crippen LogP contribution in [0.4, 0.5) is 0 Å². The lowest BCUT2D eigenvalue weighted by molar-refractivity contribution is -0.721. The smallest absolute Gasteiger partial charge is 0.428 e. The van der Waals surface area contributed by atoms with Gasteiger partial charge in [0.05, 0.1) is 5.56 Å². The molecule has 4 heterocycles. The second-order valence-electron chi connectivity index (χ2n) is 6.72. The first-order chi connectivity index (χ1) is 12.1. The third-order valence-corrected chi connectivity index (χ3v) is 6.35. The third kappa shape index (κ3) is 5.41. The van der Waals surface area contributed by atoms with E-state index in [9.17, 15) is 13.2 Å². The number of thiol groups is 1. The topological polar surface area (TPSA) is 94.8 Å². The Balaban J connectivity index is 0.000000150. The van der Waals surface area contributed by atoms with Gasteiger partial charge in [0.25, 0.3) is 0 Å². The highest BCUT2D eigenvalue weighted by Gasteiger charge is 2.55. The predicted molar refractivity (Wildman–Crippen MR) is 101 cm³/mol. The van der Waals surface area contributed by atoms with Crippen molar-refractivity contribution in [3.05, 3.63) is 35.4 Å². The first-order valence-corrected chi connectivity index (χ1v) is 10.1. The van der Waals surface area contributed by atoms with E-state index in [2.05, 4.69) is 29.4 Å². The van der Waals surface area contributed by atoms with Crippen LogP contribution in [0.3, 0.4) is 0 Å². The number of rotatable bonds is 1. The number of fused-ring (bicyclic) bond motifs is 4. The minimum Gasteiger partial charge on any atom is -0.428 e. The van der Waals surface area contributed by atoms with Crippen molar-refractivity contribution < 1.29 is 26.7 Å². The maximum atomic E-state index is 11.2. The molecule has 2 atom stereocenters. The Morgan fingerprint density at radius 1 is 1.31 bits per heavy atom. The molecule has 26 heavy (non-hydrogen) atoms. The molecule has 10 heteroatoms. The van der Waals surface area contributed by atoms with Gasteiger partial charge in [-0.15, -0.1) is 4.00 Å². The molecule has 8 nitrogen and oxygen atoms in total. The summed E-state index contributed by atoms with van der Waals surface area (Å²) in [5, 5.41) is 0.644. The molecule has 0 spiro atoms. The summed E-state index contributed by atoms with van der Waals surface area (Å²) in [6.07, 6.45) is 0.713. The number of carbonyl (C=O) groups is 1. The number of nitrogens with zero attached hydrogens (tertiary/aromatic N) is 2. The van der Waals surface area contributed by atoms with Crippen LogP contribution in [0.1, 0.15) is 28.6 Å². The number of ether oxygens (including phenoxy) is 2. The molecule has 0 radical (unpaired) electrons. The van der Waals surface area contributed by atoms with Crippen LogP contribution < -0.4 is 4.83 Å². The number of carbonyl (C=O) groups excluding carboxylic acids is 1. The highest BCUT2D eigenvalue weighted by molar-refractivity contribution is 7.88. The Bertz CT molecular complexity index is 729. The molecule has 2 saturated heterocycles. The van der Waals surface area contributed by atoms with Crippen molar-refractivity contribution in [1.29, 1.82) is 0 Å². The molecule has 1 aromatic carbocycles. The van der Waals surface area contributed by atoms with E-state index in [4.69, 9.17) is 9.47 Å². The molecular weight excluding hydrogens is 378 g/mol. The second-order valence-corrected chi connectivity index (χ2v) is 9.49. The average Bonchev–Trinajstić information content (AvgIpc) is 2.94. The van der Waals surface area contributed by atoms with Gasteiger partial charge in [-0.3, -0.25) is 0 Å². The lowest BCUT2D eigenvalue weighted by Gasteiger charge is -2.11. The van der Waals surface area contributed by atoms with E-state index in [0.29, 0.717) is 10.8 Å². The zero-order valence-corrected chi connectivity index (χ0v) is 17.1. The molecule has 1 N–H and O–H groups in total. The Labute approximate surface area is 160 Å². The summed E-state index contributed by atoms with van der Waals surface area (Å²) in [5.41, 5.74) is 1.44. The number of quaternary nitrogens is 1. The molecule has 4 aliphatic heterocycles. The van der Waals surface area contributed by atoms with Crippen molar-refractivity contribution in [2.24, 2.45) is 0 Å². The Morgan fingerprint density at radius 3 is 2.15 bits per heavy atom. The molecular formula is C16H26N3O5S2+. The van der Waals surface area contributed by atoms with E-state index in [1.165, 1.54) is 26.6 Å². The molecule has 0 saturated carbocycles. The quantitative estimate of drug-likeness (QED) is 0.313. The van der Waals surface area contributed by atoms with Crippen LogP contribution in [0.5, 0.6) is 0 Å². The van der Waals surface area contributed by atoms with Gasteiger partial charge >= 0.3 is 16.2 Å². The monoisotopic (exact) mass is 404 g/mol. The van der Waals surface area contributed by atoms with Crippen LogP contribution in [0.15, 0.2) is 24.3 Å². The number of benzene rings is 1. The number of esters is 1. The summed E-state index contributed by atoms with van der Waals surface area (Å²) in [5.74, 6) is -0.332. The van der Waals surface area contributed by atoms with Gasteiger partial charge in [-0.2, -0.15) is 21.0 Å². The fraction of sp³-hybridized carbons (Fsp3) is 0.562. The number of hydrogen-bond donors (Lipinski definition) is 2. The number of nitrogens with one attached hydrogen (secondary N) is 1. The van der Waals surface area contributed by atoms with Crippen LogP contribution >= 0.6 is 12.6 Å². The van der Waals surface area contributed by atoms with Crippen molar-refractivity contribution in [1.82, 2.24) is 9.73 Å². The van der Waals surface area contributed by atoms with E-state index in [0.717, 1.165) is 5.56 Å². The molecule has 0 aromatic heterocycles. The molecule has 0 amide bonds. The standard InChI is InChI=1S/C9H8O3.C5H11NS.C2H7N2O2S/c1-11-9-7-4-2-6(3-5-7)8(10)12-9;1-6-3-2-5(7)4-6;1-4(2)3-7(4,5)6/h2-5,9H,1H3;5,7H,2-4H2,1H3;3H,1-2H3/q;;+1. The van der Waals surface area contributed by atoms with Gasteiger partial charge in [0.1, 0.15) is 14.1 Å². The Morgan fingerprint density at radius 2 is 1.85 bits per heavy atom. The highest BCUT2D eigenvalue weighted by atomic mass is 32.2. The number of hydrogen-bond acceptors (Lipinski definition) is 7. The Kier molecular flexibility index (Phi) is 6.70. The van der Waals surface area contributed by atoms with E-state index < -0.39 is 16.5 Å². The van der Waals surface area contributed by atoms with Gasteiger partial charge in [-0.25, -0.2) is 4.79 Å². The van der Waals surface area contributed by atoms with Crippen LogP contribution in [0, 0.1) is 0 Å². The predicted octanol–water partition coefficient (Wildman–Crippen LogP) is 0.948. The highest BCUT2D eigenvalue weighted by Crippen LogP contribution is 2.24. The zero-order valence-electron chi connectivity index (χ0n) is 15.4. The van der Waals surface area contributed by atoms with E-state index in [1.54, 1.807) is 26.2 Å². The summed E-state index contributed by atoms with van der Waals surface area (Å²) in [7, 11) is 3.87. The molecule has 5 rings (SSSR count). The molecule has 2 bridgehead atoms. The minimum absolute atomic E-state index is 0.0764. The van der Waals surface area contributed by atoms with Gasteiger partial charge in [0.2, 0.25) is 6.29 Å². The van der Waals surface area contributed by atoms with Gasteiger partial charge in [-0.1, -0.05) is 12.1 Å². The van der Waals surface area contributed by atoms with Crippen LogP contribution in [-0.2, 0) is 19.7 Å². The molecule has 0 aliphatic carbocycles. The SMILES string of the molecule is CN1CCC(S)C1.COC1OC(=O)c2ccc1cc2.C[N+]1(C)NS1(=O)=O. The fourth-order valence-electron chi connectivity index (χ4n) is 2.37. The fourth-order valence-corrected chi connectivity index (χ4v) is 3.47. The Hall–Kier alpha value is -1.17. The summed E-state index contributed by atoms with van der Waals surface area (Å²) < 4.78 is 30.4.